The van der Waals surface area contributed by atoms with Crippen molar-refractivity contribution in [2.24, 2.45) is 0 Å². The summed E-state index contributed by atoms with van der Waals surface area (Å²) < 4.78 is 33.8. The summed E-state index contributed by atoms with van der Waals surface area (Å²) in [4.78, 5) is 0. The Bertz CT molecular complexity index is 148. The smallest absolute Gasteiger partial charge is 0.261 e. The van der Waals surface area contributed by atoms with Gasteiger partial charge < -0.3 is 14.8 Å². The van der Waals surface area contributed by atoms with E-state index in [0.717, 1.165) is 19.6 Å². The molecule has 1 unspecified atom stereocenters. The SMILES string of the molecule is CCCOCC(CCOCC(F)F)NCC. The van der Waals surface area contributed by atoms with E-state index in [1.807, 2.05) is 13.8 Å². The lowest BCUT2D eigenvalue weighted by Gasteiger charge is -2.17. The minimum absolute atomic E-state index is 0.189. The van der Waals surface area contributed by atoms with Crippen LogP contribution in [0, 0.1) is 0 Å². The monoisotopic (exact) mass is 239 g/mol. The van der Waals surface area contributed by atoms with Crippen LogP contribution in [-0.2, 0) is 9.47 Å². The number of nitrogens with one attached hydrogen (secondary N) is 1. The highest BCUT2D eigenvalue weighted by atomic mass is 19.3. The van der Waals surface area contributed by atoms with Crippen LogP contribution in [0.5, 0.6) is 0 Å². The molecule has 0 spiro atoms. The van der Waals surface area contributed by atoms with E-state index in [0.29, 0.717) is 19.6 Å². The minimum atomic E-state index is -2.38. The molecule has 0 aliphatic carbocycles. The highest BCUT2D eigenvalue weighted by Crippen LogP contribution is 1.98. The van der Waals surface area contributed by atoms with Crippen LogP contribution in [0.25, 0.3) is 0 Å². The van der Waals surface area contributed by atoms with Crippen molar-refractivity contribution in [2.45, 2.75) is 39.2 Å². The summed E-state index contributed by atoms with van der Waals surface area (Å²) in [5, 5.41) is 3.24. The van der Waals surface area contributed by atoms with Crippen LogP contribution in [0.1, 0.15) is 26.7 Å². The zero-order valence-electron chi connectivity index (χ0n) is 10.2. The Morgan fingerprint density at radius 2 is 1.75 bits per heavy atom. The van der Waals surface area contributed by atoms with Crippen LogP contribution in [0.2, 0.25) is 0 Å². The molecule has 5 heteroatoms. The molecule has 98 valence electrons. The van der Waals surface area contributed by atoms with E-state index < -0.39 is 13.0 Å². The first-order chi connectivity index (χ1) is 7.70. The second-order valence-corrected chi connectivity index (χ2v) is 3.58. The number of likely N-dealkylation sites (N-methyl/N-ethyl adjacent to an activating group) is 1. The van der Waals surface area contributed by atoms with Crippen molar-refractivity contribution in [3.8, 4) is 0 Å². The van der Waals surface area contributed by atoms with Crippen molar-refractivity contribution < 1.29 is 18.3 Å². The maximum atomic E-state index is 11.8. The van der Waals surface area contributed by atoms with Gasteiger partial charge in [0.25, 0.3) is 6.43 Å². The molecule has 0 aromatic heterocycles. The molecule has 0 amide bonds. The number of ether oxygens (including phenoxy) is 2. The molecule has 0 heterocycles. The Morgan fingerprint density at radius 3 is 2.31 bits per heavy atom. The zero-order valence-corrected chi connectivity index (χ0v) is 10.2. The summed E-state index contributed by atoms with van der Waals surface area (Å²) in [5.41, 5.74) is 0. The van der Waals surface area contributed by atoms with Gasteiger partial charge in [-0.25, -0.2) is 8.78 Å². The van der Waals surface area contributed by atoms with Gasteiger partial charge in [-0.2, -0.15) is 0 Å². The zero-order chi connectivity index (χ0) is 12.2. The first-order valence-electron chi connectivity index (χ1n) is 5.87. The van der Waals surface area contributed by atoms with E-state index in [-0.39, 0.29) is 6.04 Å². The molecule has 0 bridgehead atoms. The van der Waals surface area contributed by atoms with Crippen molar-refractivity contribution in [1.82, 2.24) is 5.32 Å². The van der Waals surface area contributed by atoms with Crippen molar-refractivity contribution in [1.29, 1.82) is 0 Å². The van der Waals surface area contributed by atoms with E-state index in [4.69, 9.17) is 9.47 Å². The number of alkyl halides is 2. The number of rotatable bonds is 11. The van der Waals surface area contributed by atoms with E-state index in [1.165, 1.54) is 0 Å². The highest BCUT2D eigenvalue weighted by Gasteiger charge is 2.08. The highest BCUT2D eigenvalue weighted by molar-refractivity contribution is 4.64. The fourth-order valence-corrected chi connectivity index (χ4v) is 1.30. The number of halogens is 2. The molecule has 1 atom stereocenters. The first kappa shape index (κ1) is 15.7. The van der Waals surface area contributed by atoms with Gasteiger partial charge >= 0.3 is 0 Å². The van der Waals surface area contributed by atoms with Crippen LogP contribution in [0.15, 0.2) is 0 Å². The molecule has 0 rings (SSSR count). The van der Waals surface area contributed by atoms with Gasteiger partial charge in [-0.3, -0.25) is 0 Å². The molecule has 0 aliphatic heterocycles. The Hall–Kier alpha value is -0.260. The third kappa shape index (κ3) is 10.3. The van der Waals surface area contributed by atoms with Crippen LogP contribution in [-0.4, -0.2) is 45.4 Å². The fourth-order valence-electron chi connectivity index (χ4n) is 1.30. The lowest BCUT2D eigenvalue weighted by molar-refractivity contribution is 0.0105. The summed E-state index contributed by atoms with van der Waals surface area (Å²) in [6, 6.07) is 0.189. The standard InChI is InChI=1S/C11H23F2NO2/c1-3-6-15-8-10(14-4-2)5-7-16-9-11(12)13/h10-11,14H,3-9H2,1-2H3. The Labute approximate surface area is 96.5 Å². The normalized spacial score (nSPS) is 13.3. The van der Waals surface area contributed by atoms with Crippen molar-refractivity contribution in [3.63, 3.8) is 0 Å². The molecule has 0 saturated carbocycles. The quantitative estimate of drug-likeness (QED) is 0.560. The van der Waals surface area contributed by atoms with Gasteiger partial charge in [0.05, 0.1) is 6.61 Å². The van der Waals surface area contributed by atoms with Crippen molar-refractivity contribution in [3.05, 3.63) is 0 Å². The largest absolute Gasteiger partial charge is 0.380 e. The summed E-state index contributed by atoms with van der Waals surface area (Å²) in [7, 11) is 0. The van der Waals surface area contributed by atoms with Gasteiger partial charge in [-0.05, 0) is 19.4 Å². The third-order valence-corrected chi connectivity index (χ3v) is 2.01. The molecular weight excluding hydrogens is 216 g/mol. The fraction of sp³-hybridized carbons (Fsp3) is 1.00. The van der Waals surface area contributed by atoms with E-state index >= 15 is 0 Å². The molecule has 0 radical (unpaired) electrons. The molecule has 0 saturated heterocycles. The van der Waals surface area contributed by atoms with E-state index in [2.05, 4.69) is 5.32 Å². The van der Waals surface area contributed by atoms with Gasteiger partial charge in [0.15, 0.2) is 0 Å². The van der Waals surface area contributed by atoms with Crippen LogP contribution in [0.4, 0.5) is 8.78 Å². The molecule has 0 aromatic rings. The van der Waals surface area contributed by atoms with Crippen LogP contribution < -0.4 is 5.32 Å². The lowest BCUT2D eigenvalue weighted by Crippen LogP contribution is -2.34. The second-order valence-electron chi connectivity index (χ2n) is 3.58. The van der Waals surface area contributed by atoms with Crippen LogP contribution >= 0.6 is 0 Å². The van der Waals surface area contributed by atoms with Gasteiger partial charge in [0.1, 0.15) is 6.61 Å². The summed E-state index contributed by atoms with van der Waals surface area (Å²) >= 11 is 0. The predicted octanol–water partition coefficient (Wildman–Crippen LogP) is 2.06. The van der Waals surface area contributed by atoms with Gasteiger partial charge in [-0.1, -0.05) is 13.8 Å². The maximum absolute atomic E-state index is 11.8. The summed E-state index contributed by atoms with van der Waals surface area (Å²) in [5.74, 6) is 0. The van der Waals surface area contributed by atoms with Crippen LogP contribution in [0.3, 0.4) is 0 Å². The number of hydrogen-bond donors (Lipinski definition) is 1. The molecule has 1 N–H and O–H groups in total. The van der Waals surface area contributed by atoms with Gasteiger partial charge in [0, 0.05) is 19.3 Å². The second kappa shape index (κ2) is 11.2. The summed E-state index contributed by atoms with van der Waals surface area (Å²) in [6.07, 6.45) is -0.695. The average Bonchev–Trinajstić information content (AvgIpc) is 2.24. The van der Waals surface area contributed by atoms with E-state index in [1.54, 1.807) is 0 Å². The molecule has 16 heavy (non-hydrogen) atoms. The van der Waals surface area contributed by atoms with Gasteiger partial charge in [0.2, 0.25) is 0 Å². The Balaban J connectivity index is 3.51. The molecular formula is C11H23F2NO2. The topological polar surface area (TPSA) is 30.5 Å². The Morgan fingerprint density at radius 1 is 1.06 bits per heavy atom. The van der Waals surface area contributed by atoms with Crippen molar-refractivity contribution in [2.75, 3.05) is 33.0 Å². The van der Waals surface area contributed by atoms with Crippen molar-refractivity contribution >= 4 is 0 Å². The average molecular weight is 239 g/mol. The van der Waals surface area contributed by atoms with E-state index in [9.17, 15) is 8.78 Å². The number of hydrogen-bond acceptors (Lipinski definition) is 3. The molecule has 0 aliphatic rings. The third-order valence-electron chi connectivity index (χ3n) is 2.01. The Kier molecular flexibility index (Phi) is 11.0. The first-order valence-corrected chi connectivity index (χ1v) is 5.87. The maximum Gasteiger partial charge on any atom is 0.261 e. The minimum Gasteiger partial charge on any atom is -0.380 e. The molecule has 0 aromatic carbocycles. The lowest BCUT2D eigenvalue weighted by atomic mass is 10.2. The molecule has 3 nitrogen and oxygen atoms in total. The summed E-state index contributed by atoms with van der Waals surface area (Å²) in [6.45, 7) is 6.11. The molecule has 0 fully saturated rings. The predicted molar refractivity (Wildman–Crippen MR) is 60.0 cm³/mol. The van der Waals surface area contributed by atoms with Gasteiger partial charge in [-0.15, -0.1) is 0 Å².